The third-order valence-electron chi connectivity index (χ3n) is 3.94. The molecule has 19 heavy (non-hydrogen) atoms. The second-order valence-electron chi connectivity index (χ2n) is 6.72. The van der Waals surface area contributed by atoms with Crippen LogP contribution < -0.4 is 5.73 Å². The molecule has 0 fully saturated rings. The number of benzene rings is 1. The van der Waals surface area contributed by atoms with Gasteiger partial charge in [-0.25, -0.2) is 0 Å². The average molecular weight is 262 g/mol. The van der Waals surface area contributed by atoms with Gasteiger partial charge >= 0.3 is 0 Å². The van der Waals surface area contributed by atoms with Crippen molar-refractivity contribution in [3.05, 3.63) is 33.9 Å². The van der Waals surface area contributed by atoms with Gasteiger partial charge in [0.25, 0.3) is 0 Å². The van der Waals surface area contributed by atoms with Crippen LogP contribution in [0.15, 0.2) is 6.07 Å². The molecule has 2 N–H and O–H groups in total. The third-order valence-corrected chi connectivity index (χ3v) is 3.94. The maximum absolute atomic E-state index is 6.07. The maximum Gasteiger partial charge on any atom is 0.0225 e. The molecule has 0 aliphatic heterocycles. The molecule has 2 nitrogen and oxygen atoms in total. The van der Waals surface area contributed by atoms with Gasteiger partial charge in [-0.2, -0.15) is 0 Å². The Balaban J connectivity index is 2.78. The first-order valence-electron chi connectivity index (χ1n) is 7.15. The Labute approximate surface area is 119 Å². The fraction of sp³-hybridized carbons (Fsp3) is 0.647. The van der Waals surface area contributed by atoms with Crippen molar-refractivity contribution in [3.8, 4) is 0 Å². The highest BCUT2D eigenvalue weighted by molar-refractivity contribution is 5.44. The van der Waals surface area contributed by atoms with Crippen LogP contribution in [0.4, 0.5) is 0 Å². The number of rotatable bonds is 5. The van der Waals surface area contributed by atoms with Crippen LogP contribution in [0.3, 0.4) is 0 Å². The van der Waals surface area contributed by atoms with Gasteiger partial charge in [0.2, 0.25) is 0 Å². The minimum absolute atomic E-state index is 0.124. The maximum atomic E-state index is 6.07. The van der Waals surface area contributed by atoms with Crippen LogP contribution in [0.25, 0.3) is 0 Å². The predicted octanol–water partition coefficient (Wildman–Crippen LogP) is 3.13. The Morgan fingerprint density at radius 3 is 1.95 bits per heavy atom. The van der Waals surface area contributed by atoms with Gasteiger partial charge in [0.1, 0.15) is 0 Å². The molecule has 1 rings (SSSR count). The molecular weight excluding hydrogens is 232 g/mol. The van der Waals surface area contributed by atoms with Gasteiger partial charge in [-0.3, -0.25) is 0 Å². The molecule has 0 radical (unpaired) electrons. The van der Waals surface area contributed by atoms with Gasteiger partial charge in [0.15, 0.2) is 0 Å². The lowest BCUT2D eigenvalue weighted by atomic mass is 9.92. The summed E-state index contributed by atoms with van der Waals surface area (Å²) >= 11 is 0. The highest BCUT2D eigenvalue weighted by Crippen LogP contribution is 2.22. The molecule has 0 aliphatic carbocycles. The molecule has 2 heteroatoms. The zero-order valence-electron chi connectivity index (χ0n) is 13.7. The Morgan fingerprint density at radius 2 is 1.53 bits per heavy atom. The van der Waals surface area contributed by atoms with Gasteiger partial charge in [0, 0.05) is 18.6 Å². The third kappa shape index (κ3) is 4.63. The number of nitrogens with zero attached hydrogens (tertiary/aromatic N) is 1. The van der Waals surface area contributed by atoms with E-state index in [4.69, 9.17) is 5.73 Å². The summed E-state index contributed by atoms with van der Waals surface area (Å²) in [6.07, 6.45) is 1.10. The van der Waals surface area contributed by atoms with Crippen LogP contribution in [0.5, 0.6) is 0 Å². The lowest BCUT2D eigenvalue weighted by molar-refractivity contribution is 0.272. The standard InChI is InChI=1S/C17H30N2/c1-12-10-13(2)15(4)16(14(12)3)8-9-19(7)11-17(5,6)18/h10H,8-9,11,18H2,1-7H3. The van der Waals surface area contributed by atoms with Crippen molar-refractivity contribution in [2.24, 2.45) is 5.73 Å². The van der Waals surface area contributed by atoms with Crippen molar-refractivity contribution >= 4 is 0 Å². The lowest BCUT2D eigenvalue weighted by Gasteiger charge is -2.27. The summed E-state index contributed by atoms with van der Waals surface area (Å²) < 4.78 is 0. The molecule has 1 aromatic rings. The molecule has 0 aliphatic rings. The zero-order chi connectivity index (χ0) is 14.8. The summed E-state index contributed by atoms with van der Waals surface area (Å²) in [7, 11) is 2.15. The molecule has 0 heterocycles. The molecule has 108 valence electrons. The van der Waals surface area contributed by atoms with Crippen molar-refractivity contribution in [2.75, 3.05) is 20.1 Å². The van der Waals surface area contributed by atoms with E-state index < -0.39 is 0 Å². The van der Waals surface area contributed by atoms with E-state index in [1.54, 1.807) is 0 Å². The Bertz CT molecular complexity index is 415. The van der Waals surface area contributed by atoms with Crippen molar-refractivity contribution in [1.82, 2.24) is 4.90 Å². The number of likely N-dealkylation sites (N-methyl/N-ethyl adjacent to an activating group) is 1. The van der Waals surface area contributed by atoms with Gasteiger partial charge in [0.05, 0.1) is 0 Å². The smallest absolute Gasteiger partial charge is 0.0225 e. The van der Waals surface area contributed by atoms with Crippen LogP contribution in [-0.4, -0.2) is 30.6 Å². The van der Waals surface area contributed by atoms with E-state index in [0.29, 0.717) is 0 Å². The van der Waals surface area contributed by atoms with Gasteiger partial charge in [-0.05, 0) is 82.8 Å². The normalized spacial score (nSPS) is 12.3. The van der Waals surface area contributed by atoms with Crippen LogP contribution in [0.1, 0.15) is 41.7 Å². The minimum Gasteiger partial charge on any atom is -0.324 e. The van der Waals surface area contributed by atoms with E-state index in [-0.39, 0.29) is 5.54 Å². The second kappa shape index (κ2) is 6.06. The highest BCUT2D eigenvalue weighted by atomic mass is 15.1. The fourth-order valence-electron chi connectivity index (χ4n) is 2.75. The van der Waals surface area contributed by atoms with E-state index in [1.165, 1.54) is 27.8 Å². The summed E-state index contributed by atoms with van der Waals surface area (Å²) in [4.78, 5) is 2.33. The lowest BCUT2D eigenvalue weighted by Crippen LogP contribution is -2.44. The van der Waals surface area contributed by atoms with E-state index >= 15 is 0 Å². The molecule has 1 aromatic carbocycles. The predicted molar refractivity (Wildman–Crippen MR) is 84.9 cm³/mol. The van der Waals surface area contributed by atoms with E-state index in [1.807, 2.05) is 0 Å². The molecule has 0 saturated heterocycles. The van der Waals surface area contributed by atoms with E-state index in [9.17, 15) is 0 Å². The molecule has 0 saturated carbocycles. The monoisotopic (exact) mass is 262 g/mol. The molecular formula is C17H30N2. The summed E-state index contributed by atoms with van der Waals surface area (Å²) in [6.45, 7) is 15.0. The van der Waals surface area contributed by atoms with E-state index in [2.05, 4.69) is 59.6 Å². The molecule has 0 atom stereocenters. The Hall–Kier alpha value is -0.860. The summed E-state index contributed by atoms with van der Waals surface area (Å²) in [6, 6.07) is 2.29. The first-order valence-corrected chi connectivity index (χ1v) is 7.15. The van der Waals surface area contributed by atoms with Gasteiger partial charge in [-0.15, -0.1) is 0 Å². The Kier molecular flexibility index (Phi) is 5.17. The fourth-order valence-corrected chi connectivity index (χ4v) is 2.75. The summed E-state index contributed by atoms with van der Waals surface area (Å²) in [5.41, 5.74) is 13.2. The van der Waals surface area contributed by atoms with Crippen LogP contribution >= 0.6 is 0 Å². The van der Waals surface area contributed by atoms with E-state index in [0.717, 1.165) is 19.5 Å². The van der Waals surface area contributed by atoms with Crippen molar-refractivity contribution in [1.29, 1.82) is 0 Å². The topological polar surface area (TPSA) is 29.3 Å². The largest absolute Gasteiger partial charge is 0.324 e. The number of hydrogen-bond acceptors (Lipinski definition) is 2. The van der Waals surface area contributed by atoms with Crippen molar-refractivity contribution in [2.45, 2.75) is 53.5 Å². The minimum atomic E-state index is -0.124. The van der Waals surface area contributed by atoms with Crippen molar-refractivity contribution in [3.63, 3.8) is 0 Å². The van der Waals surface area contributed by atoms with Gasteiger partial charge in [-0.1, -0.05) is 6.07 Å². The number of hydrogen-bond donors (Lipinski definition) is 1. The number of nitrogens with two attached hydrogens (primary N) is 1. The molecule has 0 bridgehead atoms. The molecule has 0 spiro atoms. The zero-order valence-corrected chi connectivity index (χ0v) is 13.7. The van der Waals surface area contributed by atoms with Gasteiger partial charge < -0.3 is 10.6 Å². The summed E-state index contributed by atoms with van der Waals surface area (Å²) in [5, 5.41) is 0. The SMILES string of the molecule is Cc1cc(C)c(C)c(CCN(C)CC(C)(C)N)c1C. The molecule has 0 unspecified atom stereocenters. The molecule has 0 amide bonds. The molecule has 0 aromatic heterocycles. The highest BCUT2D eigenvalue weighted by Gasteiger charge is 2.15. The first-order chi connectivity index (χ1) is 8.61. The van der Waals surface area contributed by atoms with Crippen LogP contribution in [-0.2, 0) is 6.42 Å². The van der Waals surface area contributed by atoms with Crippen molar-refractivity contribution < 1.29 is 0 Å². The van der Waals surface area contributed by atoms with Crippen LogP contribution in [0, 0.1) is 27.7 Å². The quantitative estimate of drug-likeness (QED) is 0.883. The first kappa shape index (κ1) is 16.2. The van der Waals surface area contributed by atoms with Crippen LogP contribution in [0.2, 0.25) is 0 Å². The Morgan fingerprint density at radius 1 is 1.05 bits per heavy atom. The second-order valence-corrected chi connectivity index (χ2v) is 6.72. The average Bonchev–Trinajstić information content (AvgIpc) is 2.24. The summed E-state index contributed by atoms with van der Waals surface area (Å²) in [5.74, 6) is 0. The number of aryl methyl sites for hydroxylation is 2.